The van der Waals surface area contributed by atoms with Crippen LogP contribution < -0.4 is 10.6 Å². The summed E-state index contributed by atoms with van der Waals surface area (Å²) in [5.74, 6) is 0.0780. The minimum atomic E-state index is -0.427. The molecule has 0 radical (unpaired) electrons. The summed E-state index contributed by atoms with van der Waals surface area (Å²) in [4.78, 5) is 19.0. The Morgan fingerprint density at radius 1 is 0.773 bits per heavy atom. The van der Waals surface area contributed by atoms with E-state index in [1.54, 1.807) is 13.0 Å². The van der Waals surface area contributed by atoms with Crippen molar-refractivity contribution in [1.29, 1.82) is 0 Å². The molecule has 0 unspecified atom stereocenters. The summed E-state index contributed by atoms with van der Waals surface area (Å²) in [5, 5.41) is 17.1. The minimum Gasteiger partial charge on any atom is -0.463 e. The topological polar surface area (TPSA) is 88.5 Å². The highest BCUT2D eigenvalue weighted by Gasteiger charge is 2.22. The summed E-state index contributed by atoms with van der Waals surface area (Å²) in [6, 6.07) is 39.8. The number of carbonyl (C=O) groups excluding carboxylic acids is 1. The van der Waals surface area contributed by atoms with Crippen LogP contribution in [0, 0.1) is 0 Å². The highest BCUT2D eigenvalue weighted by atomic mass is 32.1. The van der Waals surface area contributed by atoms with Crippen LogP contribution in [0.25, 0.3) is 38.7 Å². The molecule has 0 saturated heterocycles. The third kappa shape index (κ3) is 6.56. The Hall–Kier alpha value is -5.60. The number of ether oxygens (including phenoxy) is 1. The van der Waals surface area contributed by atoms with E-state index < -0.39 is 5.97 Å². The molecule has 0 aliphatic carbocycles. The van der Waals surface area contributed by atoms with Crippen molar-refractivity contribution in [3.63, 3.8) is 0 Å². The first-order valence-corrected chi connectivity index (χ1v) is 15.0. The average Bonchev–Trinajstić information content (AvgIpc) is 3.42. The number of aromatic nitrogens is 2. The molecular weight excluding hydrogens is 566 g/mol. The van der Waals surface area contributed by atoms with E-state index in [0.717, 1.165) is 44.0 Å². The molecule has 0 atom stereocenters. The van der Waals surface area contributed by atoms with E-state index in [4.69, 9.17) is 14.8 Å². The van der Waals surface area contributed by atoms with E-state index in [9.17, 15) is 4.79 Å². The molecule has 44 heavy (non-hydrogen) atoms. The fourth-order valence-electron chi connectivity index (χ4n) is 4.74. The van der Waals surface area contributed by atoms with Crippen molar-refractivity contribution in [2.75, 3.05) is 17.2 Å². The lowest BCUT2D eigenvalue weighted by molar-refractivity contribution is -0.137. The first kappa shape index (κ1) is 28.5. The maximum absolute atomic E-state index is 12.4. The predicted octanol–water partition coefficient (Wildman–Crippen LogP) is 8.81. The van der Waals surface area contributed by atoms with Gasteiger partial charge in [0.05, 0.1) is 17.2 Å². The molecule has 0 fully saturated rings. The van der Waals surface area contributed by atoms with Gasteiger partial charge in [0, 0.05) is 34.0 Å². The zero-order valence-corrected chi connectivity index (χ0v) is 24.8. The van der Waals surface area contributed by atoms with E-state index in [0.29, 0.717) is 16.5 Å². The van der Waals surface area contributed by atoms with Gasteiger partial charge in [0.25, 0.3) is 0 Å². The number of benzene rings is 4. The summed E-state index contributed by atoms with van der Waals surface area (Å²) < 4.78 is 5.18. The second kappa shape index (κ2) is 13.6. The van der Waals surface area contributed by atoms with Crippen molar-refractivity contribution in [2.45, 2.75) is 6.92 Å². The molecule has 2 N–H and O–H groups in total. The molecule has 4 aromatic carbocycles. The van der Waals surface area contributed by atoms with Crippen LogP contribution in [0.4, 0.5) is 17.1 Å². The summed E-state index contributed by atoms with van der Waals surface area (Å²) in [6.45, 7) is 2.07. The zero-order chi connectivity index (χ0) is 30.1. The molecule has 7 nitrogen and oxygen atoms in total. The van der Waals surface area contributed by atoms with Crippen LogP contribution in [-0.4, -0.2) is 28.7 Å². The second-order valence-corrected chi connectivity index (χ2v) is 10.7. The fraction of sp³-hybridized carbons (Fsp3) is 0.0556. The number of para-hydroxylation sites is 2. The number of nitrogens with zero attached hydrogens (tertiary/aromatic N) is 3. The van der Waals surface area contributed by atoms with Crippen molar-refractivity contribution in [3.05, 3.63) is 132 Å². The van der Waals surface area contributed by atoms with Gasteiger partial charge < -0.3 is 15.4 Å². The number of thiophene rings is 1. The first-order valence-electron chi connectivity index (χ1n) is 14.2. The lowest BCUT2D eigenvalue weighted by Gasteiger charge is -2.14. The fourth-order valence-corrected chi connectivity index (χ4v) is 5.72. The van der Waals surface area contributed by atoms with Gasteiger partial charge >= 0.3 is 5.97 Å². The number of esters is 1. The van der Waals surface area contributed by atoms with E-state index in [1.807, 2.05) is 109 Å². The van der Waals surface area contributed by atoms with Crippen molar-refractivity contribution >= 4 is 56.6 Å². The van der Waals surface area contributed by atoms with Crippen molar-refractivity contribution in [2.24, 2.45) is 4.99 Å². The molecule has 0 bridgehead atoms. The van der Waals surface area contributed by atoms with Crippen molar-refractivity contribution in [1.82, 2.24) is 10.2 Å². The smallest absolute Gasteiger partial charge is 0.330 e. The van der Waals surface area contributed by atoms with Gasteiger partial charge in [-0.2, -0.15) is 0 Å². The Morgan fingerprint density at radius 3 is 1.89 bits per heavy atom. The zero-order valence-electron chi connectivity index (χ0n) is 24.0. The molecule has 0 amide bonds. The largest absolute Gasteiger partial charge is 0.463 e. The highest BCUT2D eigenvalue weighted by molar-refractivity contribution is 7.20. The molecule has 216 valence electrons. The minimum absolute atomic E-state index is 0.288. The molecule has 0 saturated carbocycles. The number of anilines is 2. The molecule has 2 heterocycles. The maximum Gasteiger partial charge on any atom is 0.330 e. The van der Waals surface area contributed by atoms with Gasteiger partial charge in [-0.1, -0.05) is 97.1 Å². The third-order valence-electron chi connectivity index (χ3n) is 6.68. The van der Waals surface area contributed by atoms with Crippen LogP contribution in [-0.2, 0) is 9.53 Å². The third-order valence-corrected chi connectivity index (χ3v) is 7.71. The SMILES string of the molecule is CCOC(=O)/C=C/c1sc2nnc(-c3ccccc3)c(-c3ccccc3)c2c1N=C(Nc1ccccc1)Nc1ccccc1. The lowest BCUT2D eigenvalue weighted by atomic mass is 9.96. The van der Waals surface area contributed by atoms with Gasteiger partial charge in [0.1, 0.15) is 10.5 Å². The number of fused-ring (bicyclic) bond motifs is 1. The maximum atomic E-state index is 12.4. The summed E-state index contributed by atoms with van der Waals surface area (Å²) in [5.41, 5.74) is 5.96. The average molecular weight is 596 g/mol. The van der Waals surface area contributed by atoms with Crippen LogP contribution >= 0.6 is 11.3 Å². The Balaban J connectivity index is 1.63. The molecule has 0 aliphatic heterocycles. The van der Waals surface area contributed by atoms with E-state index in [2.05, 4.69) is 27.9 Å². The molecule has 0 aliphatic rings. The molecule has 6 rings (SSSR count). The van der Waals surface area contributed by atoms with Crippen LogP contribution in [0.2, 0.25) is 0 Å². The number of rotatable bonds is 8. The van der Waals surface area contributed by atoms with Gasteiger partial charge in [0.2, 0.25) is 5.96 Å². The summed E-state index contributed by atoms with van der Waals surface area (Å²) >= 11 is 1.42. The molecule has 0 spiro atoms. The van der Waals surface area contributed by atoms with Gasteiger partial charge in [-0.3, -0.25) is 0 Å². The molecular formula is C36H29N5O2S. The number of hydrogen-bond donors (Lipinski definition) is 2. The predicted molar refractivity (Wildman–Crippen MR) is 181 cm³/mol. The summed E-state index contributed by atoms with van der Waals surface area (Å²) in [6.07, 6.45) is 3.17. The standard InChI is InChI=1S/C36H29N5O2S/c1-2-43-30(42)24-23-29-34(39-36(37-27-19-11-5-12-20-27)38-28-21-13-6-14-22-28)32-31(25-15-7-3-8-16-25)33(40-41-35(32)44-29)26-17-9-4-10-18-26/h3-24H,2H2,1H3,(H2,37,38,39)/b24-23+. The van der Waals surface area contributed by atoms with Crippen LogP contribution in [0.5, 0.6) is 0 Å². The van der Waals surface area contributed by atoms with Crippen molar-refractivity contribution < 1.29 is 9.53 Å². The Bertz CT molecular complexity index is 1880. The van der Waals surface area contributed by atoms with Gasteiger partial charge in [-0.15, -0.1) is 21.5 Å². The Kier molecular flexibility index (Phi) is 8.80. The molecule has 2 aromatic heterocycles. The quantitative estimate of drug-likeness (QED) is 0.0791. The van der Waals surface area contributed by atoms with E-state index in [1.165, 1.54) is 17.4 Å². The van der Waals surface area contributed by atoms with E-state index >= 15 is 0 Å². The first-order chi connectivity index (χ1) is 21.7. The van der Waals surface area contributed by atoms with Crippen LogP contribution in [0.15, 0.2) is 132 Å². The lowest BCUT2D eigenvalue weighted by Crippen LogP contribution is -2.21. The molecule has 8 heteroatoms. The highest BCUT2D eigenvalue weighted by Crippen LogP contribution is 2.46. The van der Waals surface area contributed by atoms with Gasteiger partial charge in [0.15, 0.2) is 0 Å². The second-order valence-electron chi connectivity index (χ2n) is 9.68. The number of guanidine groups is 1. The van der Waals surface area contributed by atoms with Crippen LogP contribution in [0.3, 0.4) is 0 Å². The number of carbonyl (C=O) groups is 1. The van der Waals surface area contributed by atoms with Gasteiger partial charge in [-0.05, 0) is 42.8 Å². The Labute approximate surface area is 259 Å². The number of nitrogens with one attached hydrogen (secondary N) is 2. The van der Waals surface area contributed by atoms with E-state index in [-0.39, 0.29) is 6.61 Å². The van der Waals surface area contributed by atoms with Crippen molar-refractivity contribution in [3.8, 4) is 22.4 Å². The number of aliphatic imine (C=N–C) groups is 1. The van der Waals surface area contributed by atoms with Gasteiger partial charge in [-0.25, -0.2) is 9.79 Å². The van der Waals surface area contributed by atoms with Crippen LogP contribution in [0.1, 0.15) is 11.8 Å². The normalized spacial score (nSPS) is 10.9. The monoisotopic (exact) mass is 595 g/mol. The number of hydrogen-bond acceptors (Lipinski definition) is 6. The Morgan fingerprint density at radius 2 is 1.32 bits per heavy atom. The molecule has 6 aromatic rings. The summed E-state index contributed by atoms with van der Waals surface area (Å²) in [7, 11) is 0.